The molecule has 0 N–H and O–H groups in total. The van der Waals surface area contributed by atoms with E-state index in [1.165, 1.54) is 0 Å². The minimum Gasteiger partial charge on any atom is -0.410 e. The zero-order chi connectivity index (χ0) is 13.8. The lowest BCUT2D eigenvalue weighted by Gasteiger charge is -2.39. The van der Waals surface area contributed by atoms with Crippen LogP contribution in [0, 0.1) is 0 Å². The molecule has 0 aliphatic rings. The molecule has 0 aliphatic carbocycles. The van der Waals surface area contributed by atoms with Crippen molar-refractivity contribution in [3.8, 4) is 0 Å². The molecular weight excluding hydrogens is 240 g/mol. The largest absolute Gasteiger partial charge is 0.410 e. The predicted octanol–water partition coefficient (Wildman–Crippen LogP) is 4.34. The van der Waals surface area contributed by atoms with E-state index < -0.39 is 8.32 Å². The molecule has 0 saturated heterocycles. The zero-order valence-electron chi connectivity index (χ0n) is 12.1. The monoisotopic (exact) mass is 264 g/mol. The molecule has 1 unspecified atom stereocenters. The number of aldehydes is 1. The molecule has 3 heteroatoms. The summed E-state index contributed by atoms with van der Waals surface area (Å²) in [4.78, 5) is 10.9. The fraction of sp³-hybridized carbons (Fsp3) is 0.533. The van der Waals surface area contributed by atoms with Crippen molar-refractivity contribution in [2.75, 3.05) is 0 Å². The van der Waals surface area contributed by atoms with Crippen LogP contribution in [0.25, 0.3) is 0 Å². The number of hydrogen-bond acceptors (Lipinski definition) is 2. The lowest BCUT2D eigenvalue weighted by atomic mass is 10.1. The van der Waals surface area contributed by atoms with Gasteiger partial charge in [-0.05, 0) is 23.7 Å². The number of carbonyl (C=O) groups is 1. The first-order valence-corrected chi connectivity index (χ1v) is 9.35. The summed E-state index contributed by atoms with van der Waals surface area (Å²) in [5.41, 5.74) is 1.09. The van der Waals surface area contributed by atoms with Gasteiger partial charge < -0.3 is 9.22 Å². The average molecular weight is 264 g/mol. The predicted molar refractivity (Wildman–Crippen MR) is 78.1 cm³/mol. The molecule has 0 spiro atoms. The quantitative estimate of drug-likeness (QED) is 0.584. The molecular formula is C15H24O2Si. The Morgan fingerprint density at radius 1 is 1.22 bits per heavy atom. The van der Waals surface area contributed by atoms with Crippen LogP contribution in [0.3, 0.4) is 0 Å². The molecule has 1 atom stereocenters. The van der Waals surface area contributed by atoms with E-state index in [1.54, 1.807) is 0 Å². The zero-order valence-corrected chi connectivity index (χ0v) is 13.1. The van der Waals surface area contributed by atoms with Crippen molar-refractivity contribution in [1.29, 1.82) is 0 Å². The van der Waals surface area contributed by atoms with Crippen molar-refractivity contribution in [1.82, 2.24) is 0 Å². The van der Waals surface area contributed by atoms with Gasteiger partial charge in [0.05, 0.1) is 6.10 Å². The Morgan fingerprint density at radius 2 is 1.78 bits per heavy atom. The van der Waals surface area contributed by atoms with Gasteiger partial charge in [-0.2, -0.15) is 0 Å². The van der Waals surface area contributed by atoms with Crippen LogP contribution in [-0.4, -0.2) is 14.6 Å². The Balaban J connectivity index is 2.92. The molecule has 0 heterocycles. The van der Waals surface area contributed by atoms with E-state index in [9.17, 15) is 4.79 Å². The van der Waals surface area contributed by atoms with Crippen LogP contribution in [0.2, 0.25) is 18.1 Å². The Bertz CT molecular complexity index is 379. The molecule has 0 aliphatic heterocycles. The molecule has 1 aromatic rings. The number of benzene rings is 1. The van der Waals surface area contributed by atoms with Gasteiger partial charge >= 0.3 is 0 Å². The summed E-state index contributed by atoms with van der Waals surface area (Å²) >= 11 is 0. The molecule has 0 aromatic heterocycles. The summed E-state index contributed by atoms with van der Waals surface area (Å²) in [7, 11) is -1.85. The van der Waals surface area contributed by atoms with Gasteiger partial charge in [-0.15, -0.1) is 0 Å². The SMILES string of the molecule is CC(C)(C)[Si](C)(C)OC(CC=O)c1ccccc1. The number of carbonyl (C=O) groups excluding carboxylic acids is 1. The van der Waals surface area contributed by atoms with Crippen LogP contribution < -0.4 is 0 Å². The molecule has 0 fully saturated rings. The standard InChI is InChI=1S/C15H24O2Si/c1-15(2,3)18(4,5)17-14(11-12-16)13-9-7-6-8-10-13/h6-10,12,14H,11H2,1-5H3. The molecule has 0 radical (unpaired) electrons. The highest BCUT2D eigenvalue weighted by molar-refractivity contribution is 6.74. The normalized spacial score (nSPS) is 14.3. The van der Waals surface area contributed by atoms with Crippen LogP contribution in [0.1, 0.15) is 38.9 Å². The maximum Gasteiger partial charge on any atom is 0.192 e. The van der Waals surface area contributed by atoms with Crippen LogP contribution >= 0.6 is 0 Å². The molecule has 100 valence electrons. The van der Waals surface area contributed by atoms with Crippen molar-refractivity contribution in [3.63, 3.8) is 0 Å². The summed E-state index contributed by atoms with van der Waals surface area (Å²) < 4.78 is 6.34. The Labute approximate surface area is 111 Å². The first kappa shape index (κ1) is 15.1. The van der Waals surface area contributed by atoms with E-state index in [-0.39, 0.29) is 11.1 Å². The van der Waals surface area contributed by atoms with Gasteiger partial charge in [0, 0.05) is 6.42 Å². The smallest absolute Gasteiger partial charge is 0.192 e. The minimum atomic E-state index is -1.85. The highest BCUT2D eigenvalue weighted by Gasteiger charge is 2.39. The van der Waals surface area contributed by atoms with E-state index in [2.05, 4.69) is 33.9 Å². The Kier molecular flexibility index (Phi) is 4.88. The number of hydrogen-bond donors (Lipinski definition) is 0. The van der Waals surface area contributed by atoms with Crippen molar-refractivity contribution in [2.45, 2.75) is 51.4 Å². The van der Waals surface area contributed by atoms with Gasteiger partial charge in [-0.1, -0.05) is 51.1 Å². The van der Waals surface area contributed by atoms with E-state index in [0.717, 1.165) is 11.8 Å². The highest BCUT2D eigenvalue weighted by Crippen LogP contribution is 2.40. The van der Waals surface area contributed by atoms with E-state index >= 15 is 0 Å². The van der Waals surface area contributed by atoms with E-state index in [4.69, 9.17) is 4.43 Å². The van der Waals surface area contributed by atoms with Crippen LogP contribution in [0.4, 0.5) is 0 Å². The summed E-state index contributed by atoms with van der Waals surface area (Å²) in [5.74, 6) is 0. The first-order valence-electron chi connectivity index (χ1n) is 6.44. The molecule has 18 heavy (non-hydrogen) atoms. The summed E-state index contributed by atoms with van der Waals surface area (Å²) in [6.07, 6.45) is 1.27. The second kappa shape index (κ2) is 5.80. The molecule has 1 aromatic carbocycles. The third-order valence-corrected chi connectivity index (χ3v) is 8.21. The van der Waals surface area contributed by atoms with Crippen molar-refractivity contribution >= 4 is 14.6 Å². The van der Waals surface area contributed by atoms with Crippen molar-refractivity contribution in [2.24, 2.45) is 0 Å². The maximum absolute atomic E-state index is 10.9. The van der Waals surface area contributed by atoms with Crippen LogP contribution in [0.5, 0.6) is 0 Å². The summed E-state index contributed by atoms with van der Waals surface area (Å²) in [6.45, 7) is 11.1. The minimum absolute atomic E-state index is 0.107. The van der Waals surface area contributed by atoms with E-state index in [1.807, 2.05) is 30.3 Å². The van der Waals surface area contributed by atoms with Crippen LogP contribution in [0.15, 0.2) is 30.3 Å². The average Bonchev–Trinajstić information content (AvgIpc) is 2.28. The van der Waals surface area contributed by atoms with E-state index in [0.29, 0.717) is 6.42 Å². The van der Waals surface area contributed by atoms with Crippen LogP contribution in [-0.2, 0) is 9.22 Å². The molecule has 0 amide bonds. The molecule has 0 saturated carbocycles. The Morgan fingerprint density at radius 3 is 2.22 bits per heavy atom. The summed E-state index contributed by atoms with van der Waals surface area (Å²) in [6, 6.07) is 10.0. The second-order valence-corrected chi connectivity index (χ2v) is 10.9. The maximum atomic E-state index is 10.9. The highest BCUT2D eigenvalue weighted by atomic mass is 28.4. The van der Waals surface area contributed by atoms with Gasteiger partial charge in [0.25, 0.3) is 0 Å². The fourth-order valence-electron chi connectivity index (χ4n) is 1.54. The third-order valence-electron chi connectivity index (χ3n) is 3.72. The summed E-state index contributed by atoms with van der Waals surface area (Å²) in [5, 5.41) is 0.156. The first-order chi connectivity index (χ1) is 8.28. The van der Waals surface area contributed by atoms with Crippen molar-refractivity contribution in [3.05, 3.63) is 35.9 Å². The molecule has 1 rings (SSSR count). The third kappa shape index (κ3) is 3.78. The van der Waals surface area contributed by atoms with Gasteiger partial charge in [0.1, 0.15) is 6.29 Å². The van der Waals surface area contributed by atoms with Gasteiger partial charge in [-0.3, -0.25) is 0 Å². The Hall–Kier alpha value is -0.933. The lowest BCUT2D eigenvalue weighted by Crippen LogP contribution is -2.41. The van der Waals surface area contributed by atoms with Gasteiger partial charge in [0.2, 0.25) is 0 Å². The lowest BCUT2D eigenvalue weighted by molar-refractivity contribution is -0.109. The second-order valence-electron chi connectivity index (χ2n) is 6.18. The fourth-order valence-corrected chi connectivity index (χ4v) is 2.84. The topological polar surface area (TPSA) is 26.3 Å². The number of rotatable bonds is 5. The van der Waals surface area contributed by atoms with Gasteiger partial charge in [-0.25, -0.2) is 0 Å². The van der Waals surface area contributed by atoms with Crippen molar-refractivity contribution < 1.29 is 9.22 Å². The molecule has 0 bridgehead atoms. The molecule has 2 nitrogen and oxygen atoms in total. The van der Waals surface area contributed by atoms with Gasteiger partial charge in [0.15, 0.2) is 8.32 Å².